The third-order valence-corrected chi connectivity index (χ3v) is 6.27. The van der Waals surface area contributed by atoms with Gasteiger partial charge in [0.25, 0.3) is 0 Å². The van der Waals surface area contributed by atoms with E-state index in [0.29, 0.717) is 5.92 Å². The van der Waals surface area contributed by atoms with Gasteiger partial charge in [0.15, 0.2) is 0 Å². The highest BCUT2D eigenvalue weighted by Gasteiger charge is 2.28. The van der Waals surface area contributed by atoms with E-state index in [1.54, 1.807) is 6.92 Å². The average molecular weight is 395 g/mol. The first-order valence-corrected chi connectivity index (χ1v) is 10.4. The molecule has 2 aliphatic heterocycles. The van der Waals surface area contributed by atoms with E-state index in [1.165, 1.54) is 0 Å². The lowest BCUT2D eigenvalue weighted by Gasteiger charge is -2.38. The molecule has 5 nitrogen and oxygen atoms in total. The highest BCUT2D eigenvalue weighted by molar-refractivity contribution is 6.30. The van der Waals surface area contributed by atoms with Gasteiger partial charge in [0, 0.05) is 24.7 Å². The maximum Gasteiger partial charge on any atom is 0.320 e. The van der Waals surface area contributed by atoms with E-state index in [9.17, 15) is 4.79 Å². The number of aliphatic carboxylic acids is 1. The molecule has 1 aromatic carbocycles. The molecule has 0 spiro atoms. The Labute approximate surface area is 167 Å². The Morgan fingerprint density at radius 2 is 1.89 bits per heavy atom. The number of carbonyl (C=O) groups is 1. The number of carboxylic acid groups (broad SMARTS) is 1. The smallest absolute Gasteiger partial charge is 0.320 e. The summed E-state index contributed by atoms with van der Waals surface area (Å²) >= 11 is 6.02. The van der Waals surface area contributed by atoms with Gasteiger partial charge in [-0.1, -0.05) is 11.6 Å². The van der Waals surface area contributed by atoms with Crippen molar-refractivity contribution in [3.63, 3.8) is 0 Å². The van der Waals surface area contributed by atoms with E-state index in [1.807, 2.05) is 25.1 Å². The van der Waals surface area contributed by atoms with Crippen LogP contribution in [0.2, 0.25) is 5.02 Å². The van der Waals surface area contributed by atoms with E-state index >= 15 is 0 Å². The van der Waals surface area contributed by atoms with E-state index in [-0.39, 0.29) is 12.1 Å². The third-order valence-electron chi connectivity index (χ3n) is 6.04. The molecule has 0 unspecified atom stereocenters. The summed E-state index contributed by atoms with van der Waals surface area (Å²) < 4.78 is 6.19. The Hall–Kier alpha value is -1.30. The summed E-state index contributed by atoms with van der Waals surface area (Å²) in [7, 11) is 0. The van der Waals surface area contributed by atoms with Gasteiger partial charge in [0.1, 0.15) is 17.9 Å². The topological polar surface area (TPSA) is 53.0 Å². The number of nitrogens with zero attached hydrogens (tertiary/aromatic N) is 2. The van der Waals surface area contributed by atoms with Gasteiger partial charge in [-0.2, -0.15) is 0 Å². The Balaban J connectivity index is 1.39. The minimum Gasteiger partial charge on any atom is -0.490 e. The molecule has 0 saturated carbocycles. The van der Waals surface area contributed by atoms with Gasteiger partial charge >= 0.3 is 5.97 Å². The van der Waals surface area contributed by atoms with Crippen LogP contribution in [0.25, 0.3) is 0 Å². The molecule has 150 valence electrons. The van der Waals surface area contributed by atoms with E-state index in [4.69, 9.17) is 21.4 Å². The summed E-state index contributed by atoms with van der Waals surface area (Å²) in [5.41, 5.74) is 1.09. The molecule has 1 N–H and O–H groups in total. The molecule has 0 radical (unpaired) electrons. The molecule has 0 amide bonds. The van der Waals surface area contributed by atoms with Crippen LogP contribution in [-0.4, -0.2) is 65.7 Å². The number of likely N-dealkylation sites (tertiary alicyclic amines) is 2. The van der Waals surface area contributed by atoms with E-state index in [2.05, 4.69) is 9.80 Å². The van der Waals surface area contributed by atoms with Crippen LogP contribution in [0, 0.1) is 12.8 Å². The van der Waals surface area contributed by atoms with Crippen LogP contribution in [0.15, 0.2) is 18.2 Å². The maximum absolute atomic E-state index is 11.1. The van der Waals surface area contributed by atoms with Crippen LogP contribution in [-0.2, 0) is 4.79 Å². The van der Waals surface area contributed by atoms with E-state index < -0.39 is 5.97 Å². The van der Waals surface area contributed by atoms with Crippen LogP contribution in [0.1, 0.15) is 38.2 Å². The van der Waals surface area contributed by atoms with Crippen LogP contribution in [0.4, 0.5) is 0 Å². The normalized spacial score (nSPS) is 21.9. The molecule has 2 aliphatic rings. The number of hydrogen-bond donors (Lipinski definition) is 1. The number of aryl methyl sites for hydroxylation is 1. The highest BCUT2D eigenvalue weighted by atomic mass is 35.5. The fourth-order valence-corrected chi connectivity index (χ4v) is 4.41. The Morgan fingerprint density at radius 1 is 1.22 bits per heavy atom. The zero-order valence-corrected chi connectivity index (χ0v) is 17.1. The van der Waals surface area contributed by atoms with Crippen LogP contribution >= 0.6 is 11.6 Å². The number of benzene rings is 1. The van der Waals surface area contributed by atoms with Gasteiger partial charge in [-0.05, 0) is 82.3 Å². The maximum atomic E-state index is 11.1. The van der Waals surface area contributed by atoms with Crippen LogP contribution in [0.3, 0.4) is 0 Å². The number of hydrogen-bond acceptors (Lipinski definition) is 4. The lowest BCUT2D eigenvalue weighted by atomic mass is 9.94. The Kier molecular flexibility index (Phi) is 7.01. The van der Waals surface area contributed by atoms with Crippen molar-refractivity contribution in [3.05, 3.63) is 28.8 Å². The van der Waals surface area contributed by atoms with Crippen molar-refractivity contribution in [1.82, 2.24) is 9.80 Å². The lowest BCUT2D eigenvalue weighted by molar-refractivity contribution is -0.143. The molecule has 0 aliphatic carbocycles. The molecule has 0 aromatic heterocycles. The predicted molar refractivity (Wildman–Crippen MR) is 108 cm³/mol. The molecule has 0 bridgehead atoms. The minimum absolute atomic E-state index is 0.277. The molecule has 27 heavy (non-hydrogen) atoms. The second-order valence-corrected chi connectivity index (χ2v) is 8.46. The zero-order chi connectivity index (χ0) is 19.4. The predicted octanol–water partition coefficient (Wildman–Crippen LogP) is 3.68. The summed E-state index contributed by atoms with van der Waals surface area (Å²) in [5, 5.41) is 9.90. The zero-order valence-electron chi connectivity index (χ0n) is 16.4. The van der Waals surface area contributed by atoms with Crippen molar-refractivity contribution >= 4 is 17.6 Å². The van der Waals surface area contributed by atoms with Gasteiger partial charge in [0.05, 0.1) is 0 Å². The van der Waals surface area contributed by atoms with Crippen molar-refractivity contribution < 1.29 is 14.6 Å². The van der Waals surface area contributed by atoms with Gasteiger partial charge in [-0.3, -0.25) is 9.69 Å². The average Bonchev–Trinajstić information content (AvgIpc) is 2.65. The number of ether oxygens (including phenoxy) is 1. The standard InChI is InChI=1S/C21H31ClN2O3/c1-15-13-18(22)3-4-20(15)27-19-7-9-23(10-8-19)14-17-5-11-24(12-6-17)16(2)21(25)26/h3-4,13,16-17,19H,5-12,14H2,1-2H3,(H,25,26)/t16-/m1/s1. The summed E-state index contributed by atoms with van der Waals surface area (Å²) in [4.78, 5) is 15.8. The number of carboxylic acids is 1. The monoisotopic (exact) mass is 394 g/mol. The minimum atomic E-state index is -0.716. The fraction of sp³-hybridized carbons (Fsp3) is 0.667. The molecule has 6 heteroatoms. The first kappa shape index (κ1) is 20.4. The Morgan fingerprint density at radius 3 is 2.48 bits per heavy atom. The second kappa shape index (κ2) is 9.26. The van der Waals surface area contributed by atoms with Gasteiger partial charge < -0.3 is 14.7 Å². The number of piperidine rings is 2. The molecule has 1 atom stereocenters. The molecular formula is C21H31ClN2O3. The van der Waals surface area contributed by atoms with Gasteiger partial charge in [-0.25, -0.2) is 0 Å². The molecule has 3 rings (SSSR count). The summed E-state index contributed by atoms with van der Waals surface area (Å²) in [6.45, 7) is 8.89. The molecule has 1 aromatic rings. The number of halogens is 1. The third kappa shape index (κ3) is 5.59. The SMILES string of the molecule is Cc1cc(Cl)ccc1OC1CCN(CC2CCN([C@H](C)C(=O)O)CC2)CC1. The van der Waals surface area contributed by atoms with Crippen molar-refractivity contribution in [2.24, 2.45) is 5.92 Å². The molecule has 2 fully saturated rings. The Bertz CT molecular complexity index is 638. The summed E-state index contributed by atoms with van der Waals surface area (Å²) in [6, 6.07) is 5.44. The van der Waals surface area contributed by atoms with Gasteiger partial charge in [-0.15, -0.1) is 0 Å². The van der Waals surface area contributed by atoms with Crippen LogP contribution in [0.5, 0.6) is 5.75 Å². The second-order valence-electron chi connectivity index (χ2n) is 8.02. The van der Waals surface area contributed by atoms with Crippen molar-refractivity contribution in [1.29, 1.82) is 0 Å². The van der Waals surface area contributed by atoms with E-state index in [0.717, 1.165) is 74.7 Å². The van der Waals surface area contributed by atoms with Crippen molar-refractivity contribution in [2.75, 3.05) is 32.7 Å². The summed E-state index contributed by atoms with van der Waals surface area (Å²) in [6.07, 6.45) is 4.57. The summed E-state index contributed by atoms with van der Waals surface area (Å²) in [5.74, 6) is 0.905. The highest BCUT2D eigenvalue weighted by Crippen LogP contribution is 2.26. The largest absolute Gasteiger partial charge is 0.490 e. The lowest BCUT2D eigenvalue weighted by Crippen LogP contribution is -2.47. The van der Waals surface area contributed by atoms with Crippen molar-refractivity contribution in [3.8, 4) is 5.75 Å². The first-order chi connectivity index (χ1) is 12.9. The molecular weight excluding hydrogens is 364 g/mol. The number of rotatable bonds is 6. The van der Waals surface area contributed by atoms with Crippen molar-refractivity contribution in [2.45, 2.75) is 51.7 Å². The first-order valence-electron chi connectivity index (χ1n) is 10.0. The fourth-order valence-electron chi connectivity index (χ4n) is 4.18. The van der Waals surface area contributed by atoms with Gasteiger partial charge in [0.2, 0.25) is 0 Å². The molecule has 2 saturated heterocycles. The molecule has 2 heterocycles. The quantitative estimate of drug-likeness (QED) is 0.797. The van der Waals surface area contributed by atoms with Crippen LogP contribution < -0.4 is 4.74 Å².